The van der Waals surface area contributed by atoms with Crippen LogP contribution in [-0.2, 0) is 9.59 Å². The van der Waals surface area contributed by atoms with Gasteiger partial charge in [-0.05, 0) is 19.8 Å². The van der Waals surface area contributed by atoms with Crippen LogP contribution in [-0.4, -0.2) is 18.7 Å². The third kappa shape index (κ3) is 3.33. The lowest BCUT2D eigenvalue weighted by Gasteiger charge is -2.34. The Balaban J connectivity index is 4.86. The topological polar surface area (TPSA) is 46.2 Å². The minimum atomic E-state index is -0.454. The molecule has 15 heavy (non-hydrogen) atoms. The molecule has 0 aromatic heterocycles. The highest BCUT2D eigenvalue weighted by molar-refractivity contribution is 5.85. The van der Waals surface area contributed by atoms with E-state index in [4.69, 9.17) is 0 Å². The average Bonchev–Trinajstić information content (AvgIpc) is 2.15. The van der Waals surface area contributed by atoms with Crippen molar-refractivity contribution in [1.82, 2.24) is 5.32 Å². The molecule has 0 saturated heterocycles. The van der Waals surface area contributed by atoms with E-state index in [9.17, 15) is 9.59 Å². The summed E-state index contributed by atoms with van der Waals surface area (Å²) in [4.78, 5) is 23.2. The maximum absolute atomic E-state index is 11.7. The molecule has 0 fully saturated rings. The fourth-order valence-corrected chi connectivity index (χ4v) is 1.77. The molecule has 0 heterocycles. The van der Waals surface area contributed by atoms with Gasteiger partial charge in [-0.2, -0.15) is 0 Å². The van der Waals surface area contributed by atoms with Crippen LogP contribution < -0.4 is 5.32 Å². The van der Waals surface area contributed by atoms with Gasteiger partial charge in [0.25, 0.3) is 0 Å². The van der Waals surface area contributed by atoms with Gasteiger partial charge in [-0.3, -0.25) is 9.59 Å². The normalized spacial score (nSPS) is 15.6. The lowest BCUT2D eigenvalue weighted by Crippen LogP contribution is -2.41. The van der Waals surface area contributed by atoms with E-state index in [1.165, 1.54) is 0 Å². The number of amides is 1. The molecular formula is C12H23NO2. The van der Waals surface area contributed by atoms with E-state index >= 15 is 0 Å². The summed E-state index contributed by atoms with van der Waals surface area (Å²) < 4.78 is 0. The van der Waals surface area contributed by atoms with Gasteiger partial charge in [-0.25, -0.2) is 0 Å². The molecule has 0 aliphatic rings. The molecular weight excluding hydrogens is 190 g/mol. The molecule has 1 atom stereocenters. The van der Waals surface area contributed by atoms with E-state index < -0.39 is 10.8 Å². The Morgan fingerprint density at radius 1 is 1.20 bits per heavy atom. The van der Waals surface area contributed by atoms with E-state index in [-0.39, 0.29) is 11.7 Å². The van der Waals surface area contributed by atoms with Crippen LogP contribution in [0.1, 0.15) is 47.5 Å². The molecule has 0 rings (SSSR count). The molecule has 1 N–H and O–H groups in total. The van der Waals surface area contributed by atoms with Crippen molar-refractivity contribution in [2.24, 2.45) is 10.8 Å². The number of carbonyl (C=O) groups is 2. The van der Waals surface area contributed by atoms with Crippen molar-refractivity contribution in [3.8, 4) is 0 Å². The highest BCUT2D eigenvalue weighted by Crippen LogP contribution is 2.37. The van der Waals surface area contributed by atoms with E-state index in [1.54, 1.807) is 14.0 Å². The third-order valence-electron chi connectivity index (χ3n) is 3.34. The van der Waals surface area contributed by atoms with Gasteiger partial charge in [-0.15, -0.1) is 0 Å². The fraction of sp³-hybridized carbons (Fsp3) is 0.833. The first kappa shape index (κ1) is 14.1. The van der Waals surface area contributed by atoms with Crippen LogP contribution in [0.4, 0.5) is 0 Å². The predicted molar refractivity (Wildman–Crippen MR) is 61.5 cm³/mol. The predicted octanol–water partition coefficient (Wildman–Crippen LogP) is 2.15. The first-order chi connectivity index (χ1) is 6.69. The number of ketones is 1. The van der Waals surface area contributed by atoms with Crippen LogP contribution in [0.25, 0.3) is 0 Å². The molecule has 0 aliphatic carbocycles. The Hall–Kier alpha value is -0.860. The molecule has 3 nitrogen and oxygen atoms in total. The maximum atomic E-state index is 11.7. The van der Waals surface area contributed by atoms with Crippen LogP contribution in [0.3, 0.4) is 0 Å². The summed E-state index contributed by atoms with van der Waals surface area (Å²) in [5.74, 6) is 0.144. The van der Waals surface area contributed by atoms with E-state index in [0.717, 1.165) is 6.42 Å². The lowest BCUT2D eigenvalue weighted by molar-refractivity contribution is -0.134. The Labute approximate surface area is 92.6 Å². The van der Waals surface area contributed by atoms with Crippen LogP contribution >= 0.6 is 0 Å². The Bertz CT molecular complexity index is 258. The second-order valence-electron chi connectivity index (χ2n) is 5.11. The molecule has 1 unspecified atom stereocenters. The van der Waals surface area contributed by atoms with Crippen LogP contribution in [0.2, 0.25) is 0 Å². The second kappa shape index (κ2) is 4.77. The highest BCUT2D eigenvalue weighted by atomic mass is 16.2. The van der Waals surface area contributed by atoms with Crippen LogP contribution in [0.15, 0.2) is 0 Å². The zero-order chi connectivity index (χ0) is 12.3. The number of nitrogens with one attached hydrogen (secondary N) is 1. The minimum Gasteiger partial charge on any atom is -0.359 e. The number of hydrogen-bond donors (Lipinski definition) is 1. The van der Waals surface area contributed by atoms with E-state index in [2.05, 4.69) is 5.32 Å². The second-order valence-corrected chi connectivity index (χ2v) is 5.11. The molecule has 0 aromatic carbocycles. The molecule has 0 saturated carbocycles. The molecule has 88 valence electrons. The van der Waals surface area contributed by atoms with Gasteiger partial charge in [-0.1, -0.05) is 27.7 Å². The Morgan fingerprint density at radius 2 is 1.67 bits per heavy atom. The molecule has 0 aromatic rings. The summed E-state index contributed by atoms with van der Waals surface area (Å²) in [6.07, 6.45) is 1.33. The quantitative estimate of drug-likeness (QED) is 0.760. The summed E-state index contributed by atoms with van der Waals surface area (Å²) in [6.45, 7) is 9.26. The molecule has 1 amide bonds. The van der Waals surface area contributed by atoms with Crippen molar-refractivity contribution in [1.29, 1.82) is 0 Å². The van der Waals surface area contributed by atoms with E-state index in [0.29, 0.717) is 6.42 Å². The first-order valence-corrected chi connectivity index (χ1v) is 5.43. The maximum Gasteiger partial charge on any atom is 0.225 e. The van der Waals surface area contributed by atoms with Gasteiger partial charge in [0.05, 0.1) is 0 Å². The number of Topliss-reactive ketones (excluding diaryl/α,β-unsaturated/α-hetero) is 1. The Kier molecular flexibility index (Phi) is 4.50. The number of hydrogen-bond acceptors (Lipinski definition) is 2. The SMILES string of the molecule is CCC(C)(CC(C)(C)C(C)=O)C(=O)NC. The van der Waals surface area contributed by atoms with Gasteiger partial charge in [0.15, 0.2) is 0 Å². The van der Waals surface area contributed by atoms with Crippen molar-refractivity contribution in [3.05, 3.63) is 0 Å². The average molecular weight is 213 g/mol. The van der Waals surface area contributed by atoms with Gasteiger partial charge < -0.3 is 5.32 Å². The van der Waals surface area contributed by atoms with Crippen molar-refractivity contribution in [2.75, 3.05) is 7.05 Å². The fourth-order valence-electron chi connectivity index (χ4n) is 1.77. The molecule has 0 spiro atoms. The molecule has 0 radical (unpaired) electrons. The van der Waals surface area contributed by atoms with Gasteiger partial charge in [0.1, 0.15) is 5.78 Å². The van der Waals surface area contributed by atoms with Crippen LogP contribution in [0.5, 0.6) is 0 Å². The van der Waals surface area contributed by atoms with Gasteiger partial charge in [0, 0.05) is 17.9 Å². The summed E-state index contributed by atoms with van der Waals surface area (Å²) in [5.41, 5.74) is -0.888. The zero-order valence-corrected chi connectivity index (χ0v) is 10.7. The summed E-state index contributed by atoms with van der Waals surface area (Å²) in [6, 6.07) is 0. The summed E-state index contributed by atoms with van der Waals surface area (Å²) >= 11 is 0. The highest BCUT2D eigenvalue weighted by Gasteiger charge is 2.38. The lowest BCUT2D eigenvalue weighted by atomic mass is 9.70. The summed E-state index contributed by atoms with van der Waals surface area (Å²) in [5, 5.41) is 2.67. The molecule has 0 bridgehead atoms. The molecule has 3 heteroatoms. The van der Waals surface area contributed by atoms with Gasteiger partial charge >= 0.3 is 0 Å². The van der Waals surface area contributed by atoms with Gasteiger partial charge in [0.2, 0.25) is 5.91 Å². The minimum absolute atomic E-state index is 0.0133. The zero-order valence-electron chi connectivity index (χ0n) is 10.7. The van der Waals surface area contributed by atoms with Crippen molar-refractivity contribution in [3.63, 3.8) is 0 Å². The largest absolute Gasteiger partial charge is 0.359 e. The summed E-state index contributed by atoms with van der Waals surface area (Å²) in [7, 11) is 1.64. The first-order valence-electron chi connectivity index (χ1n) is 5.43. The van der Waals surface area contributed by atoms with Crippen LogP contribution in [0, 0.1) is 10.8 Å². The molecule has 0 aliphatic heterocycles. The monoisotopic (exact) mass is 213 g/mol. The van der Waals surface area contributed by atoms with E-state index in [1.807, 2.05) is 27.7 Å². The Morgan fingerprint density at radius 3 is 1.93 bits per heavy atom. The third-order valence-corrected chi connectivity index (χ3v) is 3.34. The number of carbonyl (C=O) groups excluding carboxylic acids is 2. The van der Waals surface area contributed by atoms with Crippen molar-refractivity contribution >= 4 is 11.7 Å². The number of rotatable bonds is 5. The van der Waals surface area contributed by atoms with Crippen molar-refractivity contribution < 1.29 is 9.59 Å². The van der Waals surface area contributed by atoms with Crippen molar-refractivity contribution in [2.45, 2.75) is 47.5 Å². The smallest absolute Gasteiger partial charge is 0.225 e. The standard InChI is InChI=1S/C12H23NO2/c1-7-12(5,10(15)13-6)8-11(3,4)9(2)14/h7-8H2,1-6H3,(H,13,15).